The third-order valence-electron chi connectivity index (χ3n) is 7.24. The van der Waals surface area contributed by atoms with Gasteiger partial charge < -0.3 is 4.74 Å². The predicted molar refractivity (Wildman–Crippen MR) is 107 cm³/mol. The zero-order valence-electron chi connectivity index (χ0n) is 18.9. The van der Waals surface area contributed by atoms with Gasteiger partial charge >= 0.3 is 5.97 Å². The van der Waals surface area contributed by atoms with Crippen molar-refractivity contribution in [1.82, 2.24) is 0 Å². The van der Waals surface area contributed by atoms with Crippen molar-refractivity contribution in [2.24, 2.45) is 33.5 Å². The summed E-state index contributed by atoms with van der Waals surface area (Å²) >= 11 is 0. The molecule has 0 bridgehead atoms. The highest BCUT2D eigenvalue weighted by Gasteiger charge is 2.57. The summed E-state index contributed by atoms with van der Waals surface area (Å²) in [5.41, 5.74) is -0.0658. The Hall–Kier alpha value is -0.530. The van der Waals surface area contributed by atoms with Gasteiger partial charge in [-0.25, -0.2) is 0 Å². The van der Waals surface area contributed by atoms with Crippen LogP contribution in [0.25, 0.3) is 0 Å². The first-order valence-corrected chi connectivity index (χ1v) is 10.3. The first kappa shape index (κ1) is 22.5. The van der Waals surface area contributed by atoms with Gasteiger partial charge in [0, 0.05) is 5.41 Å². The van der Waals surface area contributed by atoms with Crippen LogP contribution in [0.2, 0.25) is 0 Å². The van der Waals surface area contributed by atoms with E-state index in [2.05, 4.69) is 76.2 Å². The fraction of sp³-hybridized carbons (Fsp3) is 0.957. The molecule has 0 aliphatic heterocycles. The Morgan fingerprint density at radius 2 is 1.68 bits per heavy atom. The van der Waals surface area contributed by atoms with Crippen LogP contribution in [0.4, 0.5) is 0 Å². The van der Waals surface area contributed by atoms with Crippen molar-refractivity contribution in [2.75, 3.05) is 0 Å². The van der Waals surface area contributed by atoms with E-state index in [9.17, 15) is 4.79 Å². The topological polar surface area (TPSA) is 26.3 Å². The summed E-state index contributed by atoms with van der Waals surface area (Å²) in [6.45, 7) is 24.7. The van der Waals surface area contributed by atoms with Gasteiger partial charge in [-0.15, -0.1) is 0 Å². The van der Waals surface area contributed by atoms with Gasteiger partial charge in [0.1, 0.15) is 6.10 Å². The molecule has 1 aliphatic carbocycles. The molecule has 4 unspecified atom stereocenters. The van der Waals surface area contributed by atoms with Gasteiger partial charge in [0.25, 0.3) is 0 Å². The summed E-state index contributed by atoms with van der Waals surface area (Å²) < 4.78 is 6.30. The first-order chi connectivity index (χ1) is 11.1. The number of carbonyl (C=O) groups is 1. The van der Waals surface area contributed by atoms with Crippen LogP contribution >= 0.6 is 0 Å². The summed E-state index contributed by atoms with van der Waals surface area (Å²) in [7, 11) is 0. The highest BCUT2D eigenvalue weighted by Crippen LogP contribution is 2.59. The van der Waals surface area contributed by atoms with Crippen LogP contribution in [0.1, 0.15) is 102 Å². The monoisotopic (exact) mass is 352 g/mol. The fourth-order valence-electron chi connectivity index (χ4n) is 5.29. The predicted octanol–water partition coefficient (Wildman–Crippen LogP) is 6.87. The molecule has 0 amide bonds. The molecule has 0 aromatic heterocycles. The van der Waals surface area contributed by atoms with E-state index >= 15 is 0 Å². The number of rotatable bonds is 6. The summed E-state index contributed by atoms with van der Waals surface area (Å²) in [4.78, 5) is 13.3. The van der Waals surface area contributed by atoms with Crippen molar-refractivity contribution in [3.8, 4) is 0 Å². The molecule has 1 aliphatic rings. The van der Waals surface area contributed by atoms with E-state index in [-0.39, 0.29) is 28.3 Å². The number of carbonyl (C=O) groups excluding carboxylic acids is 1. The Balaban J connectivity index is 3.08. The number of hydrogen-bond donors (Lipinski definition) is 0. The van der Waals surface area contributed by atoms with Crippen molar-refractivity contribution in [3.63, 3.8) is 0 Å². The lowest BCUT2D eigenvalue weighted by molar-refractivity contribution is -0.171. The Bertz CT molecular complexity index is 471. The van der Waals surface area contributed by atoms with Crippen LogP contribution in [-0.4, -0.2) is 12.1 Å². The highest BCUT2D eigenvalue weighted by molar-refractivity contribution is 5.76. The lowest BCUT2D eigenvalue weighted by Crippen LogP contribution is -2.44. The molecule has 0 aromatic carbocycles. The number of hydrogen-bond acceptors (Lipinski definition) is 2. The van der Waals surface area contributed by atoms with Crippen molar-refractivity contribution in [3.05, 3.63) is 0 Å². The Labute approximate surface area is 157 Å². The van der Waals surface area contributed by atoms with Crippen LogP contribution in [0.15, 0.2) is 0 Å². The molecule has 0 spiro atoms. The molecule has 1 saturated carbocycles. The van der Waals surface area contributed by atoms with Gasteiger partial charge in [0.15, 0.2) is 0 Å². The van der Waals surface area contributed by atoms with Gasteiger partial charge in [-0.3, -0.25) is 4.79 Å². The highest BCUT2D eigenvalue weighted by atomic mass is 16.5. The van der Waals surface area contributed by atoms with E-state index in [4.69, 9.17) is 4.74 Å². The van der Waals surface area contributed by atoms with Crippen molar-refractivity contribution in [1.29, 1.82) is 0 Å². The molecule has 1 fully saturated rings. The minimum absolute atomic E-state index is 0.0192. The minimum atomic E-state index is -0.406. The molecule has 0 heterocycles. The molecule has 0 saturated heterocycles. The van der Waals surface area contributed by atoms with E-state index in [1.807, 2.05) is 0 Å². The zero-order valence-corrected chi connectivity index (χ0v) is 18.9. The van der Waals surface area contributed by atoms with Crippen LogP contribution in [0.3, 0.4) is 0 Å². The van der Waals surface area contributed by atoms with Gasteiger partial charge in [-0.05, 0) is 55.3 Å². The van der Waals surface area contributed by atoms with Gasteiger partial charge in [-0.1, -0.05) is 69.2 Å². The van der Waals surface area contributed by atoms with Crippen LogP contribution < -0.4 is 0 Å². The number of ether oxygens (including phenoxy) is 1. The molecule has 4 atom stereocenters. The lowest BCUT2D eigenvalue weighted by Gasteiger charge is -2.44. The lowest BCUT2D eigenvalue weighted by atomic mass is 9.64. The molecule has 2 heteroatoms. The second-order valence-corrected chi connectivity index (χ2v) is 11.4. The van der Waals surface area contributed by atoms with E-state index in [0.717, 1.165) is 25.7 Å². The SMILES string of the molecule is CCC1(C)C(OC(=O)C(C)(CC(C)C)CC(C)(C)C)CC(C)C1(C)C. The molecule has 0 radical (unpaired) electrons. The fourth-order valence-corrected chi connectivity index (χ4v) is 5.29. The quantitative estimate of drug-likeness (QED) is 0.487. The zero-order chi connectivity index (χ0) is 19.8. The normalized spacial score (nSPS) is 31.8. The molecular weight excluding hydrogens is 308 g/mol. The van der Waals surface area contributed by atoms with Crippen LogP contribution in [0.5, 0.6) is 0 Å². The average Bonchev–Trinajstić information content (AvgIpc) is 2.57. The van der Waals surface area contributed by atoms with Crippen molar-refractivity contribution in [2.45, 2.75) is 108 Å². The van der Waals surface area contributed by atoms with Gasteiger partial charge in [0.05, 0.1) is 5.41 Å². The van der Waals surface area contributed by atoms with E-state index < -0.39 is 5.41 Å². The first-order valence-electron chi connectivity index (χ1n) is 10.3. The molecule has 0 aromatic rings. The summed E-state index contributed by atoms with van der Waals surface area (Å²) in [6.07, 6.45) is 3.81. The van der Waals surface area contributed by atoms with Crippen molar-refractivity contribution >= 4 is 5.97 Å². The average molecular weight is 353 g/mol. The molecule has 25 heavy (non-hydrogen) atoms. The Morgan fingerprint density at radius 3 is 2.08 bits per heavy atom. The summed E-state index contributed by atoms with van der Waals surface area (Å²) in [5, 5.41) is 0. The number of esters is 1. The second-order valence-electron chi connectivity index (χ2n) is 11.4. The largest absolute Gasteiger partial charge is 0.461 e. The second kappa shape index (κ2) is 7.24. The molecule has 2 nitrogen and oxygen atoms in total. The van der Waals surface area contributed by atoms with Gasteiger partial charge in [0.2, 0.25) is 0 Å². The summed E-state index contributed by atoms with van der Waals surface area (Å²) in [6, 6.07) is 0. The third-order valence-corrected chi connectivity index (χ3v) is 7.24. The smallest absolute Gasteiger partial charge is 0.312 e. The van der Waals surface area contributed by atoms with Crippen LogP contribution in [0, 0.1) is 33.5 Å². The maximum Gasteiger partial charge on any atom is 0.312 e. The Morgan fingerprint density at radius 1 is 1.16 bits per heavy atom. The molecular formula is C23H44O2. The summed E-state index contributed by atoms with van der Waals surface area (Å²) in [5.74, 6) is 1.07. The molecule has 0 N–H and O–H groups in total. The Kier molecular flexibility index (Phi) is 6.51. The van der Waals surface area contributed by atoms with E-state index in [0.29, 0.717) is 11.8 Å². The maximum atomic E-state index is 13.3. The third kappa shape index (κ3) is 4.61. The van der Waals surface area contributed by atoms with E-state index in [1.165, 1.54) is 0 Å². The minimum Gasteiger partial charge on any atom is -0.461 e. The standard InChI is InChI=1S/C23H44O2/c1-12-23(11)18(13-17(4)21(23,8)9)25-19(24)22(10,14-16(2)3)15-20(5,6)7/h16-18H,12-15H2,1-11H3. The maximum absolute atomic E-state index is 13.3. The van der Waals surface area contributed by atoms with Crippen LogP contribution in [-0.2, 0) is 9.53 Å². The van der Waals surface area contributed by atoms with Crippen molar-refractivity contribution < 1.29 is 9.53 Å². The molecule has 1 rings (SSSR count). The van der Waals surface area contributed by atoms with E-state index in [1.54, 1.807) is 0 Å². The van der Waals surface area contributed by atoms with Gasteiger partial charge in [-0.2, -0.15) is 0 Å². The molecule has 148 valence electrons.